The van der Waals surface area contributed by atoms with Gasteiger partial charge in [-0.1, -0.05) is 66.2 Å². The number of rotatable bonds is 7. The summed E-state index contributed by atoms with van der Waals surface area (Å²) in [5.74, 6) is -0.758. The molecule has 0 amide bonds. The Hall–Kier alpha value is -3.46. The van der Waals surface area contributed by atoms with Gasteiger partial charge in [-0.2, -0.15) is 0 Å². The quantitative estimate of drug-likeness (QED) is 0.0933. The third-order valence-corrected chi connectivity index (χ3v) is 10.8. The van der Waals surface area contributed by atoms with Crippen molar-refractivity contribution in [2.75, 3.05) is 27.3 Å². The van der Waals surface area contributed by atoms with Crippen LogP contribution in [0.25, 0.3) is 10.9 Å². The molecule has 0 N–H and O–H groups in total. The minimum absolute atomic E-state index is 0.00453. The smallest absolute Gasteiger partial charge is 0.418 e. The number of carbonyl (C=O) groups is 2. The fourth-order valence-corrected chi connectivity index (χ4v) is 9.19. The number of benzene rings is 3. The molecule has 2 aliphatic rings. The van der Waals surface area contributed by atoms with Gasteiger partial charge in [0.1, 0.15) is 0 Å². The van der Waals surface area contributed by atoms with E-state index < -0.39 is 12.0 Å². The lowest BCUT2D eigenvalue weighted by Gasteiger charge is -2.48. The molecule has 3 aromatic carbocycles. The van der Waals surface area contributed by atoms with Crippen LogP contribution in [-0.4, -0.2) is 53.4 Å². The number of piperidine rings is 1. The van der Waals surface area contributed by atoms with Crippen molar-refractivity contribution in [2.24, 2.45) is 5.92 Å². The summed E-state index contributed by atoms with van der Waals surface area (Å²) in [6.45, 7) is 3.55. The maximum Gasteiger partial charge on any atom is 0.418 e. The van der Waals surface area contributed by atoms with Gasteiger partial charge in [-0.3, -0.25) is 9.69 Å². The highest BCUT2D eigenvalue weighted by molar-refractivity contribution is 8.17. The maximum absolute atomic E-state index is 13.5. The summed E-state index contributed by atoms with van der Waals surface area (Å²) in [5, 5.41) is 0.897. The number of hydrogen-bond acceptors (Lipinski definition) is 7. The first-order valence-corrected chi connectivity index (χ1v) is 15.9. The lowest BCUT2D eigenvalue weighted by atomic mass is 9.68. The standard InChI is InChI=1S/C34H34N2O4S2/c1-4-22-20-35(21-29(41-23-13-7-5-8-14-23)42-24-15-9-6-10-16-24)28-19-26(22)31(33(37)39-2)30-25-17-11-12-18-27(25)36(32(28)30)34(38)40-3/h4-18,26,28-29,31H,19-21H2,1-3H3/b22-4-/t26-,28-,31-/m1/s1. The molecule has 6 rings (SSSR count). The summed E-state index contributed by atoms with van der Waals surface area (Å²) in [4.78, 5) is 31.8. The Morgan fingerprint density at radius 1 is 0.905 bits per heavy atom. The lowest BCUT2D eigenvalue weighted by molar-refractivity contribution is -0.144. The minimum atomic E-state index is -0.487. The van der Waals surface area contributed by atoms with E-state index in [4.69, 9.17) is 9.47 Å². The number of methoxy groups -OCH3 is 2. The Balaban J connectivity index is 1.48. The molecule has 1 fully saturated rings. The second-order valence-corrected chi connectivity index (χ2v) is 13.4. The van der Waals surface area contributed by atoms with Gasteiger partial charge in [-0.15, -0.1) is 23.5 Å². The van der Waals surface area contributed by atoms with Gasteiger partial charge in [0.05, 0.1) is 42.0 Å². The monoisotopic (exact) mass is 598 g/mol. The van der Waals surface area contributed by atoms with Crippen molar-refractivity contribution in [1.29, 1.82) is 0 Å². The number of fused-ring (bicyclic) bond motifs is 6. The van der Waals surface area contributed by atoms with Crippen LogP contribution in [0.4, 0.5) is 4.79 Å². The summed E-state index contributed by atoms with van der Waals surface area (Å²) in [6, 6.07) is 28.7. The lowest BCUT2D eigenvalue weighted by Crippen LogP contribution is -2.48. The molecule has 0 unspecified atom stereocenters. The number of likely N-dealkylation sites (tertiary alicyclic amines) is 1. The average Bonchev–Trinajstić information content (AvgIpc) is 3.37. The van der Waals surface area contributed by atoms with Crippen LogP contribution in [0.15, 0.2) is 106 Å². The van der Waals surface area contributed by atoms with Gasteiger partial charge < -0.3 is 9.47 Å². The Kier molecular flexibility index (Phi) is 8.47. The van der Waals surface area contributed by atoms with Crippen molar-refractivity contribution in [3.05, 3.63) is 108 Å². The highest BCUT2D eigenvalue weighted by Crippen LogP contribution is 2.54. The van der Waals surface area contributed by atoms with Crippen LogP contribution in [0, 0.1) is 5.92 Å². The molecule has 2 heterocycles. The van der Waals surface area contributed by atoms with Gasteiger partial charge in [0, 0.05) is 34.2 Å². The zero-order valence-electron chi connectivity index (χ0n) is 23.9. The topological polar surface area (TPSA) is 60.8 Å². The van der Waals surface area contributed by atoms with Crippen LogP contribution >= 0.6 is 23.5 Å². The number of para-hydroxylation sites is 1. The predicted octanol–water partition coefficient (Wildman–Crippen LogP) is 7.75. The average molecular weight is 599 g/mol. The van der Waals surface area contributed by atoms with E-state index in [1.807, 2.05) is 59.9 Å². The first kappa shape index (κ1) is 28.6. The number of allylic oxidation sites excluding steroid dienone is 1. The van der Waals surface area contributed by atoms with E-state index in [1.54, 1.807) is 4.57 Å². The molecule has 8 heteroatoms. The molecule has 3 atom stereocenters. The summed E-state index contributed by atoms with van der Waals surface area (Å²) in [5.41, 5.74) is 3.72. The number of ether oxygens (including phenoxy) is 2. The van der Waals surface area contributed by atoms with Gasteiger partial charge in [-0.05, 0) is 49.2 Å². The zero-order chi connectivity index (χ0) is 29.2. The molecule has 0 spiro atoms. The minimum Gasteiger partial charge on any atom is -0.469 e. The van der Waals surface area contributed by atoms with Crippen molar-refractivity contribution in [3.63, 3.8) is 0 Å². The Labute approximate surface area is 255 Å². The van der Waals surface area contributed by atoms with Crippen LogP contribution < -0.4 is 0 Å². The van der Waals surface area contributed by atoms with Gasteiger partial charge in [-0.25, -0.2) is 9.36 Å². The van der Waals surface area contributed by atoms with Gasteiger partial charge in [0.2, 0.25) is 0 Å². The Morgan fingerprint density at radius 2 is 1.52 bits per heavy atom. The van der Waals surface area contributed by atoms with Crippen LogP contribution in [0.1, 0.15) is 36.6 Å². The summed E-state index contributed by atoms with van der Waals surface area (Å²) < 4.78 is 12.6. The Bertz CT molecular complexity index is 1580. The summed E-state index contributed by atoms with van der Waals surface area (Å²) in [7, 11) is 2.86. The molecule has 1 aromatic heterocycles. The maximum atomic E-state index is 13.5. The fourth-order valence-electron chi connectivity index (χ4n) is 6.56. The number of hydrogen-bond donors (Lipinski definition) is 0. The first-order valence-electron chi connectivity index (χ1n) is 14.2. The number of aromatic nitrogens is 1. The summed E-state index contributed by atoms with van der Waals surface area (Å²) >= 11 is 3.71. The number of esters is 1. The second-order valence-electron chi connectivity index (χ2n) is 10.6. The molecule has 42 heavy (non-hydrogen) atoms. The molecule has 1 saturated heterocycles. The van der Waals surface area contributed by atoms with Crippen molar-refractivity contribution in [3.8, 4) is 0 Å². The molecule has 0 radical (unpaired) electrons. The number of carbonyl (C=O) groups excluding carboxylic acids is 2. The predicted molar refractivity (Wildman–Crippen MR) is 169 cm³/mol. The van der Waals surface area contributed by atoms with Crippen molar-refractivity contribution >= 4 is 46.5 Å². The number of thioether (sulfide) groups is 2. The van der Waals surface area contributed by atoms with Gasteiger partial charge in [0.25, 0.3) is 0 Å². The molecule has 0 saturated carbocycles. The molecule has 2 bridgehead atoms. The molecule has 216 valence electrons. The SMILES string of the molecule is C/C=C1/CN(CC(Sc2ccccc2)Sc2ccccc2)[C@@H]2C[C@H]1[C@@H](C(=O)OC)c1c2n(C(=O)OC)c2ccccc12. The molecule has 6 nitrogen and oxygen atoms in total. The van der Waals surface area contributed by atoms with Crippen LogP contribution in [0.3, 0.4) is 0 Å². The Morgan fingerprint density at radius 3 is 2.12 bits per heavy atom. The third kappa shape index (κ3) is 5.27. The first-order chi connectivity index (χ1) is 20.5. The van der Waals surface area contributed by atoms with Gasteiger partial charge >= 0.3 is 12.1 Å². The van der Waals surface area contributed by atoms with E-state index in [0.29, 0.717) is 6.54 Å². The molecule has 1 aliphatic carbocycles. The zero-order valence-corrected chi connectivity index (χ0v) is 25.6. The van der Waals surface area contributed by atoms with E-state index in [9.17, 15) is 9.59 Å². The molecule has 4 aromatic rings. The summed E-state index contributed by atoms with van der Waals surface area (Å²) in [6.07, 6.45) is 2.44. The molecule has 1 aliphatic heterocycles. The van der Waals surface area contributed by atoms with E-state index in [1.165, 1.54) is 29.6 Å². The van der Waals surface area contributed by atoms with Crippen LogP contribution in [-0.2, 0) is 14.3 Å². The van der Waals surface area contributed by atoms with Gasteiger partial charge in [0.15, 0.2) is 0 Å². The number of nitrogens with zero attached hydrogens (tertiary/aromatic N) is 2. The van der Waals surface area contributed by atoms with Crippen molar-refractivity contribution in [1.82, 2.24) is 9.47 Å². The van der Waals surface area contributed by atoms with Crippen LogP contribution in [0.2, 0.25) is 0 Å². The fraction of sp³-hybridized carbons (Fsp3) is 0.294. The van der Waals surface area contributed by atoms with E-state index in [-0.39, 0.29) is 22.5 Å². The largest absolute Gasteiger partial charge is 0.469 e. The highest BCUT2D eigenvalue weighted by Gasteiger charge is 2.50. The second kappa shape index (κ2) is 12.4. The van der Waals surface area contributed by atoms with Crippen LogP contribution in [0.5, 0.6) is 0 Å². The van der Waals surface area contributed by atoms with Crippen molar-refractivity contribution < 1.29 is 19.1 Å². The van der Waals surface area contributed by atoms with E-state index >= 15 is 0 Å². The third-order valence-electron chi connectivity index (χ3n) is 8.35. The van der Waals surface area contributed by atoms with E-state index in [0.717, 1.165) is 35.1 Å². The highest BCUT2D eigenvalue weighted by atomic mass is 32.2. The molecular formula is C34H34N2O4S2. The van der Waals surface area contributed by atoms with E-state index in [2.05, 4.69) is 66.4 Å². The normalized spacial score (nSPS) is 21.0. The van der Waals surface area contributed by atoms with Crippen molar-refractivity contribution in [2.45, 2.75) is 39.7 Å². The molecular weight excluding hydrogens is 565 g/mol.